The summed E-state index contributed by atoms with van der Waals surface area (Å²) in [4.78, 5) is 22.0. The Morgan fingerprint density at radius 2 is 1.88 bits per heavy atom. The highest BCUT2D eigenvalue weighted by Crippen LogP contribution is 2.48. The van der Waals surface area contributed by atoms with Crippen molar-refractivity contribution in [1.82, 2.24) is 0 Å². The number of halogens is 3. The zero-order valence-corrected chi connectivity index (χ0v) is 8.51. The molecule has 1 saturated carbocycles. The molecular weight excluding hydrogens is 225 g/mol. The van der Waals surface area contributed by atoms with Gasteiger partial charge in [0.15, 0.2) is 0 Å². The number of nitrogens with two attached hydrogens (primary N) is 2. The molecule has 0 heterocycles. The van der Waals surface area contributed by atoms with Gasteiger partial charge in [0.2, 0.25) is 11.8 Å². The lowest BCUT2D eigenvalue weighted by Crippen LogP contribution is -2.39. The van der Waals surface area contributed by atoms with E-state index in [1.807, 2.05) is 0 Å². The smallest absolute Gasteiger partial charge is 0.369 e. The molecule has 2 amide bonds. The third-order valence-corrected chi connectivity index (χ3v) is 3.07. The third kappa shape index (κ3) is 2.65. The lowest BCUT2D eigenvalue weighted by Gasteiger charge is -2.26. The Balaban J connectivity index is 2.85. The Kier molecular flexibility index (Phi) is 3.16. The maximum Gasteiger partial charge on any atom is 0.390 e. The molecule has 0 aromatic heterocycles. The highest BCUT2D eigenvalue weighted by atomic mass is 19.4. The van der Waals surface area contributed by atoms with Crippen LogP contribution in [0.5, 0.6) is 0 Å². The molecule has 4 nitrogen and oxygen atoms in total. The summed E-state index contributed by atoms with van der Waals surface area (Å²) in [5.41, 5.74) is 8.37. The highest BCUT2D eigenvalue weighted by Gasteiger charge is 2.51. The summed E-state index contributed by atoms with van der Waals surface area (Å²) in [5, 5.41) is 0. The molecule has 92 valence electrons. The fourth-order valence-electron chi connectivity index (χ4n) is 2.22. The summed E-state index contributed by atoms with van der Waals surface area (Å²) in [6.45, 7) is 0. The largest absolute Gasteiger partial charge is 0.390 e. The molecule has 0 bridgehead atoms. The van der Waals surface area contributed by atoms with Crippen molar-refractivity contribution in [2.75, 3.05) is 0 Å². The zero-order valence-electron chi connectivity index (χ0n) is 8.51. The van der Waals surface area contributed by atoms with E-state index in [1.165, 1.54) is 0 Å². The van der Waals surface area contributed by atoms with E-state index in [0.29, 0.717) is 0 Å². The van der Waals surface area contributed by atoms with Gasteiger partial charge in [-0.3, -0.25) is 9.59 Å². The minimum atomic E-state index is -4.47. The van der Waals surface area contributed by atoms with Gasteiger partial charge in [-0.05, 0) is 19.3 Å². The molecule has 0 aromatic carbocycles. The van der Waals surface area contributed by atoms with Crippen LogP contribution in [0.4, 0.5) is 13.2 Å². The number of hydrogen-bond acceptors (Lipinski definition) is 2. The maximum atomic E-state index is 12.3. The Bertz CT molecular complexity index is 316. The quantitative estimate of drug-likeness (QED) is 0.758. The number of amides is 2. The molecular formula is C9H13F3N2O2. The van der Waals surface area contributed by atoms with Crippen LogP contribution in [0.1, 0.15) is 25.7 Å². The molecule has 0 radical (unpaired) electrons. The van der Waals surface area contributed by atoms with E-state index in [0.717, 1.165) is 0 Å². The molecule has 1 aliphatic carbocycles. The first kappa shape index (κ1) is 12.8. The first-order valence-electron chi connectivity index (χ1n) is 4.82. The minimum Gasteiger partial charge on any atom is -0.369 e. The normalized spacial score (nSPS) is 30.3. The van der Waals surface area contributed by atoms with Crippen LogP contribution in [-0.2, 0) is 9.59 Å². The molecule has 2 atom stereocenters. The molecule has 0 spiro atoms. The molecule has 7 heteroatoms. The number of alkyl halides is 3. The van der Waals surface area contributed by atoms with Gasteiger partial charge in [0.1, 0.15) is 0 Å². The number of hydrogen-bond donors (Lipinski definition) is 2. The second-order valence-corrected chi connectivity index (χ2v) is 4.28. The number of carbonyl (C=O) groups excluding carboxylic acids is 2. The van der Waals surface area contributed by atoms with Crippen LogP contribution in [0.25, 0.3) is 0 Å². The van der Waals surface area contributed by atoms with Crippen LogP contribution < -0.4 is 11.5 Å². The van der Waals surface area contributed by atoms with Crippen molar-refractivity contribution in [3.8, 4) is 0 Å². The van der Waals surface area contributed by atoms with Crippen LogP contribution >= 0.6 is 0 Å². The van der Waals surface area contributed by atoms with Gasteiger partial charge in [-0.25, -0.2) is 0 Å². The van der Waals surface area contributed by atoms with Crippen molar-refractivity contribution < 1.29 is 22.8 Å². The molecule has 1 fully saturated rings. The van der Waals surface area contributed by atoms with E-state index in [4.69, 9.17) is 11.5 Å². The van der Waals surface area contributed by atoms with Crippen LogP contribution in [0.2, 0.25) is 0 Å². The highest BCUT2D eigenvalue weighted by molar-refractivity contribution is 5.84. The second kappa shape index (κ2) is 3.95. The van der Waals surface area contributed by atoms with E-state index in [1.54, 1.807) is 0 Å². The Morgan fingerprint density at radius 3 is 2.19 bits per heavy atom. The minimum absolute atomic E-state index is 0.0323. The summed E-state index contributed by atoms with van der Waals surface area (Å²) < 4.78 is 37.0. The lowest BCUT2D eigenvalue weighted by atomic mass is 9.81. The average Bonchev–Trinajstić information content (AvgIpc) is 2.46. The lowest BCUT2D eigenvalue weighted by molar-refractivity contribution is -0.167. The van der Waals surface area contributed by atoms with Crippen LogP contribution in [-0.4, -0.2) is 18.0 Å². The number of primary amides is 2. The van der Waals surface area contributed by atoms with Crippen LogP contribution in [0.3, 0.4) is 0 Å². The standard InChI is InChI=1S/C9H13F3N2O2/c10-9(11,12)4-8(7(14)16)2-1-5(3-8)6(13)15/h5H,1-4H2,(H2,13,15)(H2,14,16). The van der Waals surface area contributed by atoms with E-state index in [-0.39, 0.29) is 19.3 Å². The monoisotopic (exact) mass is 238 g/mol. The predicted octanol–water partition coefficient (Wildman–Crippen LogP) is 0.696. The summed E-state index contributed by atoms with van der Waals surface area (Å²) in [6.07, 6.45) is -5.79. The van der Waals surface area contributed by atoms with Crippen molar-refractivity contribution in [1.29, 1.82) is 0 Å². The molecule has 4 N–H and O–H groups in total. The van der Waals surface area contributed by atoms with E-state index in [2.05, 4.69) is 0 Å². The second-order valence-electron chi connectivity index (χ2n) is 4.28. The molecule has 2 unspecified atom stereocenters. The maximum absolute atomic E-state index is 12.3. The Morgan fingerprint density at radius 1 is 1.31 bits per heavy atom. The Hall–Kier alpha value is -1.27. The summed E-state index contributed by atoms with van der Waals surface area (Å²) in [5.74, 6) is -2.37. The van der Waals surface area contributed by atoms with Crippen LogP contribution in [0.15, 0.2) is 0 Å². The van der Waals surface area contributed by atoms with Gasteiger partial charge in [-0.15, -0.1) is 0 Å². The fraction of sp³-hybridized carbons (Fsp3) is 0.778. The van der Waals surface area contributed by atoms with Gasteiger partial charge in [-0.2, -0.15) is 13.2 Å². The van der Waals surface area contributed by atoms with Crippen molar-refractivity contribution in [3.63, 3.8) is 0 Å². The summed E-state index contributed by atoms with van der Waals surface area (Å²) >= 11 is 0. The van der Waals surface area contributed by atoms with E-state index < -0.39 is 35.7 Å². The first-order valence-corrected chi connectivity index (χ1v) is 4.82. The molecule has 1 aliphatic rings. The first-order chi connectivity index (χ1) is 7.16. The van der Waals surface area contributed by atoms with Gasteiger partial charge in [0.05, 0.1) is 11.8 Å². The average molecular weight is 238 g/mol. The van der Waals surface area contributed by atoms with Gasteiger partial charge < -0.3 is 11.5 Å². The molecule has 0 aromatic rings. The van der Waals surface area contributed by atoms with Crippen molar-refractivity contribution in [3.05, 3.63) is 0 Å². The number of carbonyl (C=O) groups is 2. The molecule has 1 rings (SSSR count). The van der Waals surface area contributed by atoms with Crippen molar-refractivity contribution in [2.45, 2.75) is 31.9 Å². The van der Waals surface area contributed by atoms with Gasteiger partial charge in [0.25, 0.3) is 0 Å². The van der Waals surface area contributed by atoms with Gasteiger partial charge in [0, 0.05) is 5.92 Å². The van der Waals surface area contributed by atoms with Crippen LogP contribution in [0, 0.1) is 11.3 Å². The zero-order chi connectivity index (χ0) is 12.6. The van der Waals surface area contributed by atoms with Gasteiger partial charge >= 0.3 is 6.18 Å². The third-order valence-electron chi connectivity index (χ3n) is 3.07. The predicted molar refractivity (Wildman–Crippen MR) is 48.8 cm³/mol. The van der Waals surface area contributed by atoms with E-state index in [9.17, 15) is 22.8 Å². The summed E-state index contributed by atoms with van der Waals surface area (Å²) in [6, 6.07) is 0. The molecule has 0 saturated heterocycles. The van der Waals surface area contributed by atoms with Gasteiger partial charge in [-0.1, -0.05) is 0 Å². The number of rotatable bonds is 3. The fourth-order valence-corrected chi connectivity index (χ4v) is 2.22. The SMILES string of the molecule is NC(=O)C1CCC(CC(F)(F)F)(C(N)=O)C1. The van der Waals surface area contributed by atoms with Crippen molar-refractivity contribution in [2.24, 2.45) is 22.8 Å². The molecule has 16 heavy (non-hydrogen) atoms. The summed E-state index contributed by atoms with van der Waals surface area (Å²) in [7, 11) is 0. The van der Waals surface area contributed by atoms with E-state index >= 15 is 0 Å². The topological polar surface area (TPSA) is 86.2 Å². The van der Waals surface area contributed by atoms with Crippen molar-refractivity contribution >= 4 is 11.8 Å². The molecule has 0 aliphatic heterocycles. The Labute approximate surface area is 90.2 Å².